The number of aromatic nitrogens is 3. The first-order valence-corrected chi connectivity index (χ1v) is 7.56. The van der Waals surface area contributed by atoms with Crippen LogP contribution in [0, 0.1) is 10.1 Å². The standard InChI is InChI=1S/C13H17N5O3S/c1-13(2,3)10-8-22-12(15-10)16-11(19)4-5-17-7-9(6-14-17)18(20)21/h6-8H,4-5H2,1-3H3,(H,15,16,19). The van der Waals surface area contributed by atoms with Crippen molar-refractivity contribution in [3.63, 3.8) is 0 Å². The number of hydrogen-bond acceptors (Lipinski definition) is 6. The number of aryl methyl sites for hydroxylation is 1. The lowest BCUT2D eigenvalue weighted by molar-refractivity contribution is -0.385. The molecular weight excluding hydrogens is 306 g/mol. The van der Waals surface area contributed by atoms with E-state index < -0.39 is 4.92 Å². The zero-order valence-electron chi connectivity index (χ0n) is 12.6. The highest BCUT2D eigenvalue weighted by Gasteiger charge is 2.18. The Hall–Kier alpha value is -2.29. The molecule has 0 saturated heterocycles. The molecule has 0 aliphatic rings. The molecule has 0 atom stereocenters. The molecule has 2 aromatic rings. The van der Waals surface area contributed by atoms with Gasteiger partial charge in [0.05, 0.1) is 10.6 Å². The summed E-state index contributed by atoms with van der Waals surface area (Å²) in [5.41, 5.74) is 0.777. The normalized spacial score (nSPS) is 11.4. The van der Waals surface area contributed by atoms with E-state index in [1.54, 1.807) is 0 Å². The third-order valence-electron chi connectivity index (χ3n) is 2.92. The van der Waals surface area contributed by atoms with Crippen molar-refractivity contribution in [1.29, 1.82) is 0 Å². The summed E-state index contributed by atoms with van der Waals surface area (Å²) in [6.07, 6.45) is 2.63. The van der Waals surface area contributed by atoms with Gasteiger partial charge < -0.3 is 5.32 Å². The van der Waals surface area contributed by atoms with E-state index in [1.165, 1.54) is 22.2 Å². The predicted octanol–water partition coefficient (Wildman–Crippen LogP) is 2.57. The first-order chi connectivity index (χ1) is 10.3. The van der Waals surface area contributed by atoms with Crippen LogP contribution in [0.1, 0.15) is 32.9 Å². The first kappa shape index (κ1) is 16.1. The van der Waals surface area contributed by atoms with E-state index in [1.807, 2.05) is 5.38 Å². The van der Waals surface area contributed by atoms with Crippen molar-refractivity contribution in [3.8, 4) is 0 Å². The first-order valence-electron chi connectivity index (χ1n) is 6.68. The van der Waals surface area contributed by atoms with Gasteiger partial charge in [-0.25, -0.2) is 4.98 Å². The van der Waals surface area contributed by atoms with E-state index in [-0.39, 0.29) is 30.0 Å². The molecule has 0 aliphatic carbocycles. The number of amides is 1. The largest absolute Gasteiger partial charge is 0.306 e. The van der Waals surface area contributed by atoms with Gasteiger partial charge in [0.1, 0.15) is 12.4 Å². The van der Waals surface area contributed by atoms with Gasteiger partial charge in [-0.05, 0) is 0 Å². The molecule has 118 valence electrons. The van der Waals surface area contributed by atoms with E-state index in [4.69, 9.17) is 0 Å². The van der Waals surface area contributed by atoms with Crippen LogP contribution in [0.5, 0.6) is 0 Å². The van der Waals surface area contributed by atoms with E-state index >= 15 is 0 Å². The SMILES string of the molecule is CC(C)(C)c1csc(NC(=O)CCn2cc([N+](=O)[O-])cn2)n1. The quantitative estimate of drug-likeness (QED) is 0.673. The number of nitrogens with one attached hydrogen (secondary N) is 1. The summed E-state index contributed by atoms with van der Waals surface area (Å²) >= 11 is 1.38. The third-order valence-corrected chi connectivity index (χ3v) is 3.68. The van der Waals surface area contributed by atoms with Crippen molar-refractivity contribution in [2.24, 2.45) is 0 Å². The maximum absolute atomic E-state index is 11.9. The molecule has 2 heterocycles. The maximum atomic E-state index is 11.9. The van der Waals surface area contributed by atoms with Crippen LogP contribution in [0.15, 0.2) is 17.8 Å². The molecule has 8 nitrogen and oxygen atoms in total. The van der Waals surface area contributed by atoms with Crippen LogP contribution >= 0.6 is 11.3 Å². The van der Waals surface area contributed by atoms with Crippen LogP contribution in [-0.2, 0) is 16.8 Å². The molecule has 2 rings (SSSR count). The molecule has 0 saturated carbocycles. The molecule has 1 N–H and O–H groups in total. The fraction of sp³-hybridized carbons (Fsp3) is 0.462. The summed E-state index contributed by atoms with van der Waals surface area (Å²) < 4.78 is 1.38. The van der Waals surface area contributed by atoms with Gasteiger partial charge in [0.25, 0.3) is 0 Å². The Kier molecular flexibility index (Phi) is 4.55. The van der Waals surface area contributed by atoms with Crippen LogP contribution in [0.4, 0.5) is 10.8 Å². The third kappa shape index (κ3) is 4.10. The molecular formula is C13H17N5O3S. The molecule has 1 amide bonds. The van der Waals surface area contributed by atoms with Gasteiger partial charge in [0.2, 0.25) is 5.91 Å². The molecule has 2 aromatic heterocycles. The topological polar surface area (TPSA) is 103 Å². The average molecular weight is 323 g/mol. The van der Waals surface area contributed by atoms with E-state index in [0.29, 0.717) is 5.13 Å². The second-order valence-electron chi connectivity index (χ2n) is 5.80. The van der Waals surface area contributed by atoms with Crippen molar-refractivity contribution in [1.82, 2.24) is 14.8 Å². The summed E-state index contributed by atoms with van der Waals surface area (Å²) in [4.78, 5) is 26.3. The fourth-order valence-corrected chi connectivity index (χ4v) is 2.60. The molecule has 0 unspecified atom stereocenters. The molecule has 9 heteroatoms. The van der Waals surface area contributed by atoms with E-state index in [0.717, 1.165) is 11.9 Å². The lowest BCUT2D eigenvalue weighted by Crippen LogP contribution is -2.16. The fourth-order valence-electron chi connectivity index (χ4n) is 1.64. The number of rotatable bonds is 5. The Morgan fingerprint density at radius 2 is 2.23 bits per heavy atom. The van der Waals surface area contributed by atoms with Gasteiger partial charge in [-0.2, -0.15) is 5.10 Å². The summed E-state index contributed by atoms with van der Waals surface area (Å²) in [6, 6.07) is 0. The minimum atomic E-state index is -0.521. The van der Waals surface area contributed by atoms with Gasteiger partial charge in [0.15, 0.2) is 5.13 Å². The monoisotopic (exact) mass is 323 g/mol. The molecule has 0 spiro atoms. The zero-order valence-corrected chi connectivity index (χ0v) is 13.4. The van der Waals surface area contributed by atoms with Crippen molar-refractivity contribution < 1.29 is 9.72 Å². The minimum absolute atomic E-state index is 0.0620. The van der Waals surface area contributed by atoms with Gasteiger partial charge in [-0.1, -0.05) is 20.8 Å². The summed E-state index contributed by atoms with van der Waals surface area (Å²) in [5.74, 6) is -0.201. The number of carbonyl (C=O) groups excluding carboxylic acids is 1. The molecule has 22 heavy (non-hydrogen) atoms. The van der Waals surface area contributed by atoms with Gasteiger partial charge in [-0.3, -0.25) is 19.6 Å². The van der Waals surface area contributed by atoms with Crippen LogP contribution in [0.2, 0.25) is 0 Å². The summed E-state index contributed by atoms with van der Waals surface area (Å²) in [5, 5.41) is 19.6. The number of thiazole rings is 1. The van der Waals surface area contributed by atoms with Crippen LogP contribution in [0.3, 0.4) is 0 Å². The smallest absolute Gasteiger partial charge is 0.302 e. The highest BCUT2D eigenvalue weighted by Crippen LogP contribution is 2.26. The lowest BCUT2D eigenvalue weighted by Gasteiger charge is -2.14. The highest BCUT2D eigenvalue weighted by molar-refractivity contribution is 7.13. The summed E-state index contributed by atoms with van der Waals surface area (Å²) in [7, 11) is 0. The molecule has 0 aliphatic heterocycles. The second-order valence-corrected chi connectivity index (χ2v) is 6.66. The second kappa shape index (κ2) is 6.22. The Balaban J connectivity index is 1.87. The number of anilines is 1. The van der Waals surface area contributed by atoms with Crippen LogP contribution in [0.25, 0.3) is 0 Å². The van der Waals surface area contributed by atoms with Crippen molar-refractivity contribution in [3.05, 3.63) is 33.6 Å². The van der Waals surface area contributed by atoms with E-state index in [9.17, 15) is 14.9 Å². The lowest BCUT2D eigenvalue weighted by atomic mass is 9.93. The van der Waals surface area contributed by atoms with Crippen molar-refractivity contribution >= 4 is 28.1 Å². The Morgan fingerprint density at radius 1 is 1.50 bits per heavy atom. The molecule has 0 radical (unpaired) electrons. The van der Waals surface area contributed by atoms with E-state index in [2.05, 4.69) is 36.2 Å². The Labute approximate surface area is 131 Å². The number of carbonyl (C=O) groups is 1. The number of nitro groups is 1. The number of nitrogens with zero attached hydrogens (tertiary/aromatic N) is 4. The van der Waals surface area contributed by atoms with Crippen molar-refractivity contribution in [2.75, 3.05) is 5.32 Å². The molecule has 0 bridgehead atoms. The summed E-state index contributed by atoms with van der Waals surface area (Å²) in [6.45, 7) is 6.44. The van der Waals surface area contributed by atoms with Gasteiger partial charge in [0, 0.05) is 23.8 Å². The minimum Gasteiger partial charge on any atom is -0.302 e. The molecule has 0 fully saturated rings. The Morgan fingerprint density at radius 3 is 2.77 bits per heavy atom. The predicted molar refractivity (Wildman–Crippen MR) is 82.9 cm³/mol. The Bertz CT molecular complexity index is 686. The van der Waals surface area contributed by atoms with Crippen molar-refractivity contribution in [2.45, 2.75) is 39.2 Å². The zero-order chi connectivity index (χ0) is 16.3. The van der Waals surface area contributed by atoms with Crippen LogP contribution in [-0.4, -0.2) is 25.6 Å². The average Bonchev–Trinajstić information content (AvgIpc) is 3.04. The number of hydrogen-bond donors (Lipinski definition) is 1. The molecule has 0 aromatic carbocycles. The van der Waals surface area contributed by atoms with Crippen LogP contribution < -0.4 is 5.32 Å². The van der Waals surface area contributed by atoms with Gasteiger partial charge in [-0.15, -0.1) is 11.3 Å². The maximum Gasteiger partial charge on any atom is 0.306 e. The highest BCUT2D eigenvalue weighted by atomic mass is 32.1. The van der Waals surface area contributed by atoms with Gasteiger partial charge >= 0.3 is 5.69 Å².